The second-order valence-corrected chi connectivity index (χ2v) is 29.5. The molecule has 8 fully saturated rings. The molecule has 9 N–H and O–H groups in total. The first-order valence-electron chi connectivity index (χ1n) is 29.1. The van der Waals surface area contributed by atoms with Gasteiger partial charge in [0.25, 0.3) is 0 Å². The summed E-state index contributed by atoms with van der Waals surface area (Å²) in [5, 5.41) is 112. The molecule has 0 radical (unpaired) electrons. The van der Waals surface area contributed by atoms with Crippen LogP contribution >= 0.6 is 21.6 Å². The molecule has 1 amide bonds. The molecule has 5 aliphatic heterocycles. The maximum atomic E-state index is 16.2. The van der Waals surface area contributed by atoms with Crippen molar-refractivity contribution >= 4 is 39.0 Å². The summed E-state index contributed by atoms with van der Waals surface area (Å²) in [4.78, 5) is 34.1. The predicted octanol–water partition coefficient (Wildman–Crippen LogP) is 7.01. The van der Waals surface area contributed by atoms with Gasteiger partial charge in [0.05, 0.1) is 40.8 Å². The molecule has 6 saturated carbocycles. The Balaban J connectivity index is 1.07. The van der Waals surface area contributed by atoms with Crippen molar-refractivity contribution in [1.82, 2.24) is 0 Å². The highest BCUT2D eigenvalue weighted by molar-refractivity contribution is 8.76. The number of fused-ring (bicyclic) bond motifs is 1. The molecule has 15 heteroatoms. The van der Waals surface area contributed by atoms with Gasteiger partial charge in [-0.05, 0) is 172 Å². The van der Waals surface area contributed by atoms with Gasteiger partial charge in [-0.1, -0.05) is 80.7 Å². The summed E-state index contributed by atoms with van der Waals surface area (Å²) >= 11 is 0. The van der Waals surface area contributed by atoms with Gasteiger partial charge in [0.1, 0.15) is 22.9 Å². The van der Waals surface area contributed by atoms with Gasteiger partial charge in [0, 0.05) is 59.4 Å². The van der Waals surface area contributed by atoms with Crippen molar-refractivity contribution in [3.8, 4) is 5.75 Å². The zero-order valence-electron chi connectivity index (χ0n) is 44.6. The number of allylic oxidation sites excluding steroid dienone is 2. The van der Waals surface area contributed by atoms with Crippen LogP contribution in [-0.2, 0) is 20.7 Å². The van der Waals surface area contributed by atoms with Gasteiger partial charge in [-0.2, -0.15) is 0 Å². The molecule has 75 heavy (non-hydrogen) atoms. The average molecular weight is 1080 g/mol. The van der Waals surface area contributed by atoms with E-state index in [1.54, 1.807) is 23.1 Å². The molecule has 5 heterocycles. The van der Waals surface area contributed by atoms with E-state index in [-0.39, 0.29) is 79.8 Å². The molecule has 5 spiro atoms. The number of hydrogen-bond acceptors (Lipinski definition) is 14. The molecular weight excluding hydrogens is 991 g/mol. The number of carbonyl (C=O) groups is 2. The number of carbonyl (C=O) groups excluding carboxylic acids is 2. The van der Waals surface area contributed by atoms with Crippen molar-refractivity contribution in [2.45, 2.75) is 190 Å². The van der Waals surface area contributed by atoms with Crippen LogP contribution in [-0.4, -0.2) is 130 Å². The van der Waals surface area contributed by atoms with E-state index in [9.17, 15) is 46.0 Å². The van der Waals surface area contributed by atoms with Crippen LogP contribution in [0.15, 0.2) is 42.0 Å². The lowest BCUT2D eigenvalue weighted by Crippen LogP contribution is -2.75. The molecule has 1 aromatic carbocycles. The SMILES string of the molecule is CC(C)[C@@H](C)[C@@H]1O[C@H]1[C@@]1(O)CC=C[C@H]2C[C@H]3C4=CC(=O)[C@@]5(C[C@@H](O)[C@@H](O)C6(CCCC6)[C@]35C)[C@H](O)SSC[C@@H]3CCC[C@H](CO)[C@]35C(=O)N(C[C@]53CC[C@@H](CCCO)[C@H]3O)c3cc(O)cc(c3)CC[C@]23[C@@H]1CC[C@@]43O. The highest BCUT2D eigenvalue weighted by atomic mass is 33.1. The number of phenolic OH excluding ortho intramolecular Hbond substituents is 1. The summed E-state index contributed by atoms with van der Waals surface area (Å²) < 4.78 is 6.57. The summed E-state index contributed by atoms with van der Waals surface area (Å²) in [5.74, 6) is -2.08. The van der Waals surface area contributed by atoms with Crippen LogP contribution < -0.4 is 4.90 Å². The molecule has 13 nitrogen and oxygen atoms in total. The summed E-state index contributed by atoms with van der Waals surface area (Å²) in [5.41, 5.74) is -9.53. The Morgan fingerprint density at radius 3 is 2.40 bits per heavy atom. The standard InChI is InChI=1S/C60H85NO12S2/c1-33(2)34(3)47-50(73-47)58(71)19-8-13-37-26-42-43-28-46(66)57(29-44(65)49(68)54(53(42,57)4)17-5-6-18-54)52(70)75-74-31-39-12-7-11-38(30-63)60(39)51(69)61(32-55(60)20-15-36(48(55)67)10-9-23-62)40-24-35(25-41(64)27-40)14-21-56(37)45(58)16-22-59(43,56)72/h8,13,24-25,27-28,33-34,36-39,42,44-45,47-50,52,62-65,67-68,70-72H,5-7,9-12,14-23,26,29-32H2,1-4H3/t34-,36-,37+,38-,39+,42+,44-,45+,47+,48-,49-,50-,52-,53+,55+,56-,57+,58-,59-,60-/m1/s1. The largest absolute Gasteiger partial charge is 0.508 e. The predicted molar refractivity (Wildman–Crippen MR) is 287 cm³/mol. The molecule has 414 valence electrons. The second-order valence-electron chi connectivity index (χ2n) is 27.0. The van der Waals surface area contributed by atoms with E-state index in [4.69, 9.17) is 4.74 Å². The average Bonchev–Trinajstić information content (AvgIpc) is 3.84. The number of anilines is 1. The van der Waals surface area contributed by atoms with Crippen molar-refractivity contribution in [1.29, 1.82) is 0 Å². The van der Waals surface area contributed by atoms with Gasteiger partial charge in [-0.3, -0.25) is 9.59 Å². The quantitative estimate of drug-likeness (QED) is 0.0760. The Labute approximate surface area is 451 Å². The number of epoxide rings is 1. The van der Waals surface area contributed by atoms with E-state index in [0.717, 1.165) is 24.8 Å². The smallest absolute Gasteiger partial charge is 0.234 e. The molecule has 8 bridgehead atoms. The third kappa shape index (κ3) is 6.78. The van der Waals surface area contributed by atoms with E-state index >= 15 is 9.59 Å². The number of ether oxygens (including phenoxy) is 1. The third-order valence-corrected chi connectivity index (χ3v) is 27.3. The Kier molecular flexibility index (Phi) is 13.2. The minimum atomic E-state index is -1.63. The minimum Gasteiger partial charge on any atom is -0.508 e. The summed E-state index contributed by atoms with van der Waals surface area (Å²) in [6, 6.07) is 5.33. The van der Waals surface area contributed by atoms with Crippen LogP contribution in [0.3, 0.4) is 0 Å². The lowest BCUT2D eigenvalue weighted by atomic mass is 9.33. The molecule has 20 atom stereocenters. The van der Waals surface area contributed by atoms with E-state index in [0.29, 0.717) is 106 Å². The monoisotopic (exact) mass is 1080 g/mol. The van der Waals surface area contributed by atoms with Crippen LogP contribution in [0.2, 0.25) is 0 Å². The summed E-state index contributed by atoms with van der Waals surface area (Å²) in [6.45, 7) is 8.49. The first kappa shape index (κ1) is 53.6. The number of benzene rings is 1. The Bertz CT molecular complexity index is 2500. The lowest BCUT2D eigenvalue weighted by Gasteiger charge is -2.72. The van der Waals surface area contributed by atoms with Crippen LogP contribution in [0.5, 0.6) is 5.75 Å². The Morgan fingerprint density at radius 1 is 0.893 bits per heavy atom. The van der Waals surface area contributed by atoms with Crippen LogP contribution in [0.25, 0.3) is 0 Å². The number of amides is 1. The lowest BCUT2D eigenvalue weighted by molar-refractivity contribution is -0.262. The Hall–Kier alpha value is -2.02. The highest BCUT2D eigenvalue weighted by Gasteiger charge is 2.82. The number of rotatable bonds is 7. The van der Waals surface area contributed by atoms with Gasteiger partial charge in [-0.25, -0.2) is 0 Å². The summed E-state index contributed by atoms with van der Waals surface area (Å²) in [6.07, 6.45) is 10.8. The number of aliphatic hydroxyl groups is 8. The number of aromatic hydroxyl groups is 1. The minimum absolute atomic E-state index is 0.0173. The van der Waals surface area contributed by atoms with Gasteiger partial charge >= 0.3 is 0 Å². The number of ketones is 1. The van der Waals surface area contributed by atoms with Gasteiger partial charge in [0.2, 0.25) is 5.91 Å². The highest BCUT2D eigenvalue weighted by Crippen LogP contribution is 2.80. The molecule has 14 rings (SSSR count). The molecule has 1 aromatic rings. The normalized spacial score (nSPS) is 49.1. The van der Waals surface area contributed by atoms with E-state index < -0.39 is 91.3 Å². The fourth-order valence-electron chi connectivity index (χ4n) is 21.0. The first-order valence-corrected chi connectivity index (χ1v) is 31.5. The molecule has 0 aromatic heterocycles. The van der Waals surface area contributed by atoms with Crippen LogP contribution in [0.4, 0.5) is 5.69 Å². The maximum absolute atomic E-state index is 16.2. The van der Waals surface area contributed by atoms with Crippen LogP contribution in [0.1, 0.15) is 142 Å². The van der Waals surface area contributed by atoms with Crippen molar-refractivity contribution in [2.24, 2.45) is 79.8 Å². The van der Waals surface area contributed by atoms with Crippen LogP contribution in [0, 0.1) is 79.8 Å². The maximum Gasteiger partial charge on any atom is 0.234 e. The van der Waals surface area contributed by atoms with Crippen molar-refractivity contribution < 1.29 is 60.3 Å². The third-order valence-electron chi connectivity index (χ3n) is 24.7. The van der Waals surface area contributed by atoms with E-state index in [2.05, 4.69) is 39.8 Å². The topological polar surface area (TPSA) is 232 Å². The Morgan fingerprint density at radius 2 is 1.67 bits per heavy atom. The zero-order valence-corrected chi connectivity index (χ0v) is 46.2. The number of aryl methyl sites for hydroxylation is 1. The number of nitrogens with zero attached hydrogens (tertiary/aromatic N) is 1. The number of phenols is 1. The van der Waals surface area contributed by atoms with Gasteiger partial charge in [-0.15, -0.1) is 0 Å². The fourth-order valence-corrected chi connectivity index (χ4v) is 24.0. The number of hydrogen-bond donors (Lipinski definition) is 9. The molecule has 13 aliphatic rings. The zero-order chi connectivity index (χ0) is 53.0. The van der Waals surface area contributed by atoms with Crippen molar-refractivity contribution in [3.05, 3.63) is 47.6 Å². The van der Waals surface area contributed by atoms with E-state index in [1.807, 2.05) is 6.07 Å². The second kappa shape index (κ2) is 18.5. The van der Waals surface area contributed by atoms with Crippen molar-refractivity contribution in [3.63, 3.8) is 0 Å². The molecular formula is C60H85NO12S2. The molecule has 8 aliphatic carbocycles. The molecule has 2 saturated heterocycles. The number of aliphatic hydroxyl groups excluding tert-OH is 6. The van der Waals surface area contributed by atoms with E-state index in [1.165, 1.54) is 21.6 Å². The molecule has 0 unspecified atom stereocenters. The van der Waals surface area contributed by atoms with Gasteiger partial charge in [0.15, 0.2) is 5.78 Å². The fraction of sp³-hybridized carbons (Fsp3) is 0.800. The van der Waals surface area contributed by atoms with Crippen molar-refractivity contribution in [2.75, 3.05) is 30.4 Å². The first-order chi connectivity index (χ1) is 35.7. The summed E-state index contributed by atoms with van der Waals surface area (Å²) in [7, 11) is 2.60. The van der Waals surface area contributed by atoms with Gasteiger partial charge < -0.3 is 55.6 Å².